The van der Waals surface area contributed by atoms with Crippen molar-refractivity contribution in [2.45, 2.75) is 6.92 Å². The second-order valence-electron chi connectivity index (χ2n) is 5.65. The molecule has 1 aromatic carbocycles. The Kier molecular flexibility index (Phi) is 9.25. The molecule has 0 amide bonds. The quantitative estimate of drug-likeness (QED) is 0.189. The third kappa shape index (κ3) is 6.66. The second kappa shape index (κ2) is 11.7. The van der Waals surface area contributed by atoms with Crippen LogP contribution < -0.4 is 15.0 Å². The molecule has 0 aliphatic carbocycles. The molecule has 0 fully saturated rings. The first-order valence-electron chi connectivity index (χ1n) is 8.50. The number of benzene rings is 1. The van der Waals surface area contributed by atoms with Gasteiger partial charge in [-0.25, -0.2) is 0 Å². The average molecular weight is 502 g/mol. The summed E-state index contributed by atoms with van der Waals surface area (Å²) in [6.07, 6.45) is 0.609. The summed E-state index contributed by atoms with van der Waals surface area (Å²) in [5, 5.41) is 16.2. The molecular weight excluding hydrogens is 485 g/mol. The second-order valence-corrected chi connectivity index (χ2v) is 8.42. The molecule has 2 heterocycles. The van der Waals surface area contributed by atoms with E-state index in [1.807, 2.05) is 24.4 Å². The highest BCUT2D eigenvalue weighted by atomic mass is 35.5. The number of hydrogen-bond donors (Lipinski definition) is 1. The molecule has 164 valence electrons. The van der Waals surface area contributed by atoms with Crippen molar-refractivity contribution >= 4 is 57.9 Å². The van der Waals surface area contributed by atoms with Crippen LogP contribution in [0.2, 0.25) is 10.0 Å². The number of hydrogen-bond acceptors (Lipinski definition) is 9. The first-order valence-corrected chi connectivity index (χ1v) is 11.0. The molecule has 0 atom stereocenters. The number of thiophene rings is 2. The zero-order valence-electron chi connectivity index (χ0n) is 16.5. The SMILES string of the molecule is CN/N=C(\C)c1csc(-c2ccc(Cl)c(Cl)c2)c1OC.O=Cc1ccc(O[N+](=O)[O-])s1. The fraction of sp³-hybridized carbons (Fsp3) is 0.158. The van der Waals surface area contributed by atoms with E-state index < -0.39 is 5.09 Å². The molecule has 3 rings (SSSR count). The van der Waals surface area contributed by atoms with Crippen molar-refractivity contribution in [3.8, 4) is 21.3 Å². The van der Waals surface area contributed by atoms with Gasteiger partial charge in [0.25, 0.3) is 0 Å². The fourth-order valence-corrected chi connectivity index (χ4v) is 4.41. The van der Waals surface area contributed by atoms with Gasteiger partial charge in [-0.05, 0) is 36.8 Å². The van der Waals surface area contributed by atoms with Gasteiger partial charge in [-0.2, -0.15) is 5.10 Å². The zero-order valence-corrected chi connectivity index (χ0v) is 19.7. The van der Waals surface area contributed by atoms with Crippen LogP contribution in [-0.4, -0.2) is 31.2 Å². The van der Waals surface area contributed by atoms with Crippen LogP contribution in [0.15, 0.2) is 40.8 Å². The lowest BCUT2D eigenvalue weighted by Crippen LogP contribution is -2.03. The first-order chi connectivity index (χ1) is 14.8. The number of rotatable bonds is 7. The lowest BCUT2D eigenvalue weighted by atomic mass is 10.1. The third-order valence-electron chi connectivity index (χ3n) is 3.68. The summed E-state index contributed by atoms with van der Waals surface area (Å²) >= 11 is 14.5. The summed E-state index contributed by atoms with van der Waals surface area (Å²) < 4.78 is 5.53. The van der Waals surface area contributed by atoms with Gasteiger partial charge in [0, 0.05) is 12.4 Å². The lowest BCUT2D eigenvalue weighted by Gasteiger charge is -2.07. The summed E-state index contributed by atoms with van der Waals surface area (Å²) in [7, 11) is 3.42. The number of ether oxygens (including phenoxy) is 1. The monoisotopic (exact) mass is 501 g/mol. The van der Waals surface area contributed by atoms with E-state index in [0.29, 0.717) is 21.2 Å². The number of nitrogens with one attached hydrogen (secondary N) is 1. The highest BCUT2D eigenvalue weighted by Crippen LogP contribution is 2.41. The van der Waals surface area contributed by atoms with E-state index in [2.05, 4.69) is 15.4 Å². The van der Waals surface area contributed by atoms with E-state index in [-0.39, 0.29) is 5.06 Å². The summed E-state index contributed by atoms with van der Waals surface area (Å²) in [6.45, 7) is 1.93. The smallest absolute Gasteiger partial charge is 0.300 e. The van der Waals surface area contributed by atoms with Crippen molar-refractivity contribution in [1.29, 1.82) is 0 Å². The van der Waals surface area contributed by atoms with E-state index in [1.165, 1.54) is 12.1 Å². The summed E-state index contributed by atoms with van der Waals surface area (Å²) in [4.78, 5) is 25.3. The van der Waals surface area contributed by atoms with Gasteiger partial charge in [0.15, 0.2) is 11.3 Å². The molecule has 0 radical (unpaired) electrons. The van der Waals surface area contributed by atoms with Crippen molar-refractivity contribution in [3.05, 3.63) is 66.3 Å². The van der Waals surface area contributed by atoms with Gasteiger partial charge < -0.3 is 10.2 Å². The molecule has 31 heavy (non-hydrogen) atoms. The molecule has 0 unspecified atom stereocenters. The number of hydrazone groups is 1. The molecule has 0 aliphatic heterocycles. The van der Waals surface area contributed by atoms with Crippen molar-refractivity contribution in [2.75, 3.05) is 14.2 Å². The van der Waals surface area contributed by atoms with Crippen LogP contribution >= 0.6 is 45.9 Å². The number of methoxy groups -OCH3 is 1. The number of halogens is 2. The Hall–Kier alpha value is -2.66. The van der Waals surface area contributed by atoms with Crippen LogP contribution in [-0.2, 0) is 0 Å². The Bertz CT molecular complexity index is 1100. The van der Waals surface area contributed by atoms with Crippen molar-refractivity contribution in [1.82, 2.24) is 5.43 Å². The lowest BCUT2D eigenvalue weighted by molar-refractivity contribution is -0.710. The predicted molar refractivity (Wildman–Crippen MR) is 125 cm³/mol. The minimum absolute atomic E-state index is 0.108. The number of carbonyl (C=O) groups is 1. The topological polar surface area (TPSA) is 103 Å². The van der Waals surface area contributed by atoms with Crippen molar-refractivity contribution < 1.29 is 19.5 Å². The van der Waals surface area contributed by atoms with Crippen LogP contribution in [0.1, 0.15) is 22.2 Å². The molecule has 0 bridgehead atoms. The maximum Gasteiger partial charge on any atom is 0.300 e. The molecule has 1 N–H and O–H groups in total. The van der Waals surface area contributed by atoms with Crippen LogP contribution in [0.3, 0.4) is 0 Å². The summed E-state index contributed by atoms with van der Waals surface area (Å²) in [5.41, 5.74) is 5.59. The zero-order chi connectivity index (χ0) is 23.0. The molecule has 0 saturated heterocycles. The van der Waals surface area contributed by atoms with Gasteiger partial charge in [-0.15, -0.1) is 32.8 Å². The molecule has 0 spiro atoms. The molecule has 12 heteroatoms. The Labute approximate surface area is 196 Å². The van der Waals surface area contributed by atoms with E-state index >= 15 is 0 Å². The maximum absolute atomic E-state index is 10.1. The van der Waals surface area contributed by atoms with Crippen LogP contribution in [0.4, 0.5) is 0 Å². The van der Waals surface area contributed by atoms with E-state index in [4.69, 9.17) is 27.9 Å². The summed E-state index contributed by atoms with van der Waals surface area (Å²) in [5.74, 6) is 0.796. The maximum atomic E-state index is 10.1. The van der Waals surface area contributed by atoms with Crippen LogP contribution in [0, 0.1) is 10.1 Å². The molecule has 0 saturated carbocycles. The molecule has 8 nitrogen and oxygen atoms in total. The number of nitrogens with zero attached hydrogens (tertiary/aromatic N) is 2. The standard InChI is InChI=1S/C14H14Cl2N2OS.C5H3NO4S/c1-8(18-17-2)10-7-20-14(13(10)19-3)9-4-5-11(15)12(16)6-9;7-3-4-1-2-5(11-4)10-6(8)9/h4-7,17H,1-3H3;1-3H/b18-8+;. The minimum atomic E-state index is -0.916. The van der Waals surface area contributed by atoms with E-state index in [0.717, 1.165) is 38.8 Å². The van der Waals surface area contributed by atoms with Gasteiger partial charge in [-0.3, -0.25) is 9.63 Å². The third-order valence-corrected chi connectivity index (χ3v) is 6.31. The summed E-state index contributed by atoms with van der Waals surface area (Å²) in [6, 6.07) is 8.38. The Morgan fingerprint density at radius 1 is 1.26 bits per heavy atom. The molecular formula is C19H17Cl2N3O5S2. The highest BCUT2D eigenvalue weighted by molar-refractivity contribution is 7.15. The minimum Gasteiger partial charge on any atom is -0.495 e. The van der Waals surface area contributed by atoms with Crippen LogP contribution in [0.25, 0.3) is 10.4 Å². The van der Waals surface area contributed by atoms with Gasteiger partial charge >= 0.3 is 5.09 Å². The van der Waals surface area contributed by atoms with Gasteiger partial charge in [0.05, 0.1) is 38.2 Å². The number of aldehydes is 1. The molecule has 2 aromatic heterocycles. The van der Waals surface area contributed by atoms with Crippen LogP contribution in [0.5, 0.6) is 10.8 Å². The Morgan fingerprint density at radius 3 is 2.55 bits per heavy atom. The number of carbonyl (C=O) groups excluding carboxylic acids is 1. The largest absolute Gasteiger partial charge is 0.495 e. The highest BCUT2D eigenvalue weighted by Gasteiger charge is 2.17. The van der Waals surface area contributed by atoms with Crippen molar-refractivity contribution in [3.63, 3.8) is 0 Å². The Morgan fingerprint density at radius 2 is 2.00 bits per heavy atom. The fourth-order valence-electron chi connectivity index (χ4n) is 2.38. The van der Waals surface area contributed by atoms with E-state index in [1.54, 1.807) is 31.6 Å². The average Bonchev–Trinajstić information content (AvgIpc) is 3.36. The van der Waals surface area contributed by atoms with Gasteiger partial charge in [-0.1, -0.05) is 29.3 Å². The van der Waals surface area contributed by atoms with E-state index in [9.17, 15) is 14.9 Å². The normalized spacial score (nSPS) is 10.7. The first kappa shape index (κ1) is 24.6. The van der Waals surface area contributed by atoms with Gasteiger partial charge in [0.1, 0.15) is 5.75 Å². The predicted octanol–water partition coefficient (Wildman–Crippen LogP) is 5.81. The molecule has 3 aromatic rings. The Balaban J connectivity index is 0.000000262. The van der Waals surface area contributed by atoms with Gasteiger partial charge in [0.2, 0.25) is 0 Å². The molecule has 0 aliphatic rings. The van der Waals surface area contributed by atoms with Crippen molar-refractivity contribution in [2.24, 2.45) is 5.10 Å².